The van der Waals surface area contributed by atoms with E-state index < -0.39 is 17.8 Å². The Morgan fingerprint density at radius 3 is 2.56 bits per heavy atom. The van der Waals surface area contributed by atoms with Crippen LogP contribution >= 0.6 is 0 Å². The zero-order valence-corrected chi connectivity index (χ0v) is 8.59. The minimum absolute atomic E-state index is 0.114. The van der Waals surface area contributed by atoms with Crippen molar-refractivity contribution in [1.82, 2.24) is 19.5 Å². The summed E-state index contributed by atoms with van der Waals surface area (Å²) in [5.74, 6) is -1.39. The zero-order chi connectivity index (χ0) is 13.3. The Hall–Kier alpha value is -2.45. The average molecular weight is 258 g/mol. The molecule has 0 spiro atoms. The predicted octanol–water partition coefficient (Wildman–Crippen LogP) is 1.38. The average Bonchev–Trinajstić information content (AvgIpc) is 2.77. The summed E-state index contributed by atoms with van der Waals surface area (Å²) in [4.78, 5) is 20.8. The third kappa shape index (κ3) is 2.29. The second-order valence-corrected chi connectivity index (χ2v) is 3.23. The number of carboxylic acids is 1. The SMILES string of the molecule is O=C(O)c1cn(-c2cc(C(F)(F)F)ncn2)cn1. The molecule has 0 fully saturated rings. The highest BCUT2D eigenvalue weighted by Crippen LogP contribution is 2.27. The fourth-order valence-electron chi connectivity index (χ4n) is 1.20. The Balaban J connectivity index is 2.41. The van der Waals surface area contributed by atoms with Gasteiger partial charge in [-0.15, -0.1) is 0 Å². The molecule has 2 rings (SSSR count). The van der Waals surface area contributed by atoms with Crippen LogP contribution in [0.2, 0.25) is 0 Å². The number of alkyl halides is 3. The maximum absolute atomic E-state index is 12.4. The summed E-state index contributed by atoms with van der Waals surface area (Å²) in [6.07, 6.45) is -1.72. The van der Waals surface area contributed by atoms with Gasteiger partial charge in [-0.25, -0.2) is 19.7 Å². The number of imidazole rings is 1. The van der Waals surface area contributed by atoms with E-state index in [1.807, 2.05) is 0 Å². The van der Waals surface area contributed by atoms with Gasteiger partial charge in [0, 0.05) is 12.3 Å². The van der Waals surface area contributed by atoms with Gasteiger partial charge >= 0.3 is 12.1 Å². The van der Waals surface area contributed by atoms with Crippen LogP contribution in [0.5, 0.6) is 0 Å². The molecule has 1 N–H and O–H groups in total. The first-order valence-corrected chi connectivity index (χ1v) is 4.55. The summed E-state index contributed by atoms with van der Waals surface area (Å²) in [6.45, 7) is 0. The van der Waals surface area contributed by atoms with Crippen LogP contribution in [0.25, 0.3) is 5.82 Å². The predicted molar refractivity (Wildman–Crippen MR) is 51.1 cm³/mol. The molecule has 0 aliphatic rings. The molecule has 0 aliphatic carbocycles. The number of carbonyl (C=O) groups is 1. The molecule has 2 aromatic rings. The van der Waals surface area contributed by atoms with E-state index in [1.165, 1.54) is 0 Å². The van der Waals surface area contributed by atoms with E-state index in [4.69, 9.17) is 5.11 Å². The van der Waals surface area contributed by atoms with Crippen LogP contribution in [-0.4, -0.2) is 30.6 Å². The van der Waals surface area contributed by atoms with Gasteiger partial charge < -0.3 is 5.11 Å². The van der Waals surface area contributed by atoms with E-state index in [9.17, 15) is 18.0 Å². The van der Waals surface area contributed by atoms with E-state index in [0.29, 0.717) is 6.07 Å². The van der Waals surface area contributed by atoms with Crippen LogP contribution in [-0.2, 0) is 6.18 Å². The third-order valence-electron chi connectivity index (χ3n) is 2.01. The smallest absolute Gasteiger partial charge is 0.433 e. The Morgan fingerprint density at radius 1 is 1.28 bits per heavy atom. The van der Waals surface area contributed by atoms with Crippen LogP contribution < -0.4 is 0 Å². The summed E-state index contributed by atoms with van der Waals surface area (Å²) >= 11 is 0. The zero-order valence-electron chi connectivity index (χ0n) is 8.59. The number of carboxylic acid groups (broad SMARTS) is 1. The summed E-state index contributed by atoms with van der Waals surface area (Å²) in [5.41, 5.74) is -1.40. The molecule has 0 saturated carbocycles. The van der Waals surface area contributed by atoms with Crippen molar-refractivity contribution >= 4 is 5.97 Å². The molecule has 2 aromatic heterocycles. The summed E-state index contributed by atoms with van der Waals surface area (Å²) < 4.78 is 38.3. The molecule has 94 valence electrons. The van der Waals surface area contributed by atoms with E-state index >= 15 is 0 Å². The van der Waals surface area contributed by atoms with E-state index in [-0.39, 0.29) is 11.5 Å². The Labute approximate surface area is 97.7 Å². The molecule has 0 amide bonds. The first-order chi connectivity index (χ1) is 8.38. The Bertz CT molecular complexity index is 593. The Morgan fingerprint density at radius 2 is 2.00 bits per heavy atom. The van der Waals surface area contributed by atoms with E-state index in [1.54, 1.807) is 0 Å². The lowest BCUT2D eigenvalue weighted by molar-refractivity contribution is -0.141. The molecule has 6 nitrogen and oxygen atoms in total. The molecule has 0 atom stereocenters. The minimum atomic E-state index is -4.59. The molecule has 18 heavy (non-hydrogen) atoms. The molecule has 0 saturated heterocycles. The van der Waals surface area contributed by atoms with Gasteiger partial charge in [0.25, 0.3) is 0 Å². The number of halogens is 3. The monoisotopic (exact) mass is 258 g/mol. The summed E-state index contributed by atoms with van der Waals surface area (Å²) in [6, 6.07) is 0.702. The highest BCUT2D eigenvalue weighted by molar-refractivity contribution is 5.85. The van der Waals surface area contributed by atoms with Crippen molar-refractivity contribution in [2.24, 2.45) is 0 Å². The number of rotatable bonds is 2. The van der Waals surface area contributed by atoms with Crippen molar-refractivity contribution in [1.29, 1.82) is 0 Å². The lowest BCUT2D eigenvalue weighted by Crippen LogP contribution is -2.09. The molecular weight excluding hydrogens is 253 g/mol. The highest BCUT2D eigenvalue weighted by atomic mass is 19.4. The fourth-order valence-corrected chi connectivity index (χ4v) is 1.20. The van der Waals surface area contributed by atoms with Gasteiger partial charge in [0.05, 0.1) is 0 Å². The van der Waals surface area contributed by atoms with Crippen molar-refractivity contribution in [3.05, 3.63) is 36.3 Å². The first-order valence-electron chi connectivity index (χ1n) is 4.55. The third-order valence-corrected chi connectivity index (χ3v) is 2.01. The van der Waals surface area contributed by atoms with Crippen LogP contribution in [0.4, 0.5) is 13.2 Å². The highest BCUT2D eigenvalue weighted by Gasteiger charge is 2.33. The van der Waals surface area contributed by atoms with Crippen molar-refractivity contribution in [2.75, 3.05) is 0 Å². The van der Waals surface area contributed by atoms with Gasteiger partial charge in [0.15, 0.2) is 5.69 Å². The largest absolute Gasteiger partial charge is 0.476 e. The number of hydrogen-bond acceptors (Lipinski definition) is 4. The van der Waals surface area contributed by atoms with Crippen molar-refractivity contribution in [2.45, 2.75) is 6.18 Å². The molecule has 0 bridgehead atoms. The summed E-state index contributed by atoms with van der Waals surface area (Å²) in [7, 11) is 0. The van der Waals surface area contributed by atoms with Crippen LogP contribution in [0, 0.1) is 0 Å². The number of aromatic nitrogens is 4. The Kier molecular flexibility index (Phi) is 2.73. The van der Waals surface area contributed by atoms with E-state index in [0.717, 1.165) is 23.4 Å². The molecule has 0 aliphatic heterocycles. The molecular formula is C9H5F3N4O2. The van der Waals surface area contributed by atoms with Gasteiger partial charge in [0.2, 0.25) is 0 Å². The quantitative estimate of drug-likeness (QED) is 0.880. The second kappa shape index (κ2) is 4.09. The fraction of sp³-hybridized carbons (Fsp3) is 0.111. The molecule has 0 aromatic carbocycles. The minimum Gasteiger partial charge on any atom is -0.476 e. The number of aromatic carboxylic acids is 1. The van der Waals surface area contributed by atoms with Crippen molar-refractivity contribution < 1.29 is 23.1 Å². The topological polar surface area (TPSA) is 80.9 Å². The second-order valence-electron chi connectivity index (χ2n) is 3.23. The van der Waals surface area contributed by atoms with E-state index in [2.05, 4.69) is 15.0 Å². The normalized spacial score (nSPS) is 11.5. The number of hydrogen-bond donors (Lipinski definition) is 1. The molecule has 9 heteroatoms. The maximum Gasteiger partial charge on any atom is 0.433 e. The summed E-state index contributed by atoms with van der Waals surface area (Å²) in [5, 5.41) is 8.64. The molecule has 2 heterocycles. The molecule has 0 radical (unpaired) electrons. The van der Waals surface area contributed by atoms with Crippen LogP contribution in [0.1, 0.15) is 16.2 Å². The van der Waals surface area contributed by atoms with Crippen molar-refractivity contribution in [3.8, 4) is 5.82 Å². The number of nitrogens with zero attached hydrogens (tertiary/aromatic N) is 4. The molecule has 0 unspecified atom stereocenters. The lowest BCUT2D eigenvalue weighted by Gasteiger charge is -2.06. The van der Waals surface area contributed by atoms with Crippen molar-refractivity contribution in [3.63, 3.8) is 0 Å². The van der Waals surface area contributed by atoms with Gasteiger partial charge in [-0.05, 0) is 0 Å². The maximum atomic E-state index is 12.4. The van der Waals surface area contributed by atoms with Gasteiger partial charge in [0.1, 0.15) is 24.2 Å². The van der Waals surface area contributed by atoms with Crippen LogP contribution in [0.3, 0.4) is 0 Å². The lowest BCUT2D eigenvalue weighted by atomic mass is 10.4. The van der Waals surface area contributed by atoms with Crippen LogP contribution in [0.15, 0.2) is 24.9 Å². The van der Waals surface area contributed by atoms with Gasteiger partial charge in [-0.2, -0.15) is 13.2 Å². The first kappa shape index (κ1) is 12.0. The standard InChI is InChI=1S/C9H5F3N4O2/c10-9(11,12)6-1-7(14-3-13-6)16-2-5(8(17)18)15-4-16/h1-4H,(H,17,18). The van der Waals surface area contributed by atoms with Gasteiger partial charge in [-0.3, -0.25) is 4.57 Å². The van der Waals surface area contributed by atoms with Gasteiger partial charge in [-0.1, -0.05) is 0 Å².